The van der Waals surface area contributed by atoms with Gasteiger partial charge < -0.3 is 5.73 Å². The maximum Gasteiger partial charge on any atom is 0.434 e. The molecular weight excluding hydrogens is 287 g/mol. The molecule has 0 aliphatic rings. The highest BCUT2D eigenvalue weighted by Gasteiger charge is 2.35. The number of nitrogens with zero attached hydrogens (tertiary/aromatic N) is 2. The zero-order chi connectivity index (χ0) is 12.2. The molecule has 3 nitrogen and oxygen atoms in total. The second-order valence-corrected chi connectivity index (χ2v) is 3.52. The molecule has 0 aromatic carbocycles. The van der Waals surface area contributed by atoms with Gasteiger partial charge in [0.15, 0.2) is 5.69 Å². The molecule has 16 heavy (non-hydrogen) atoms. The molecule has 0 atom stereocenters. The number of alkyl halides is 4. The van der Waals surface area contributed by atoms with Crippen LogP contribution in [0.3, 0.4) is 0 Å². The molecule has 1 aromatic heterocycles. The summed E-state index contributed by atoms with van der Waals surface area (Å²) in [5.41, 5.74) is 3.74. The van der Waals surface area contributed by atoms with Gasteiger partial charge in [0, 0.05) is 17.9 Å². The minimum Gasteiger partial charge on any atom is -0.368 e. The number of anilines is 1. The van der Waals surface area contributed by atoms with E-state index in [0.29, 0.717) is 11.8 Å². The molecule has 0 unspecified atom stereocenters. The first kappa shape index (κ1) is 12.8. The van der Waals surface area contributed by atoms with E-state index in [1.54, 1.807) is 0 Å². The van der Waals surface area contributed by atoms with E-state index in [-0.39, 0.29) is 5.56 Å². The highest BCUT2D eigenvalue weighted by Crippen LogP contribution is 2.29. The van der Waals surface area contributed by atoms with Crippen molar-refractivity contribution < 1.29 is 13.2 Å². The molecule has 0 aliphatic carbocycles. The molecule has 0 amide bonds. The van der Waals surface area contributed by atoms with Gasteiger partial charge in [-0.1, -0.05) is 27.8 Å². The van der Waals surface area contributed by atoms with Crippen molar-refractivity contribution in [2.45, 2.75) is 12.6 Å². The van der Waals surface area contributed by atoms with E-state index in [2.05, 4.69) is 37.7 Å². The summed E-state index contributed by atoms with van der Waals surface area (Å²) >= 11 is 3.12. The molecule has 0 saturated carbocycles. The fraction of sp³-hybridized carbons (Fsp3) is 0.333. The van der Waals surface area contributed by atoms with E-state index in [4.69, 9.17) is 5.73 Å². The molecule has 2 N–H and O–H groups in total. The Kier molecular flexibility index (Phi) is 4.12. The third-order valence-corrected chi connectivity index (χ3v) is 1.91. The van der Waals surface area contributed by atoms with Crippen LogP contribution >= 0.6 is 15.9 Å². The van der Waals surface area contributed by atoms with Crippen molar-refractivity contribution >= 4 is 21.9 Å². The maximum absolute atomic E-state index is 12.5. The summed E-state index contributed by atoms with van der Waals surface area (Å²) in [5, 5.41) is 0.594. The molecule has 0 radical (unpaired) electrons. The molecule has 0 bridgehead atoms. The van der Waals surface area contributed by atoms with Gasteiger partial charge in [0.25, 0.3) is 0 Å². The van der Waals surface area contributed by atoms with Crippen LogP contribution in [0.4, 0.5) is 19.1 Å². The van der Waals surface area contributed by atoms with Gasteiger partial charge in [-0.2, -0.15) is 13.2 Å². The minimum absolute atomic E-state index is 0.261. The number of hydrogen-bond donors (Lipinski definition) is 1. The lowest BCUT2D eigenvalue weighted by molar-refractivity contribution is -0.141. The Bertz CT molecular complexity index is 434. The van der Waals surface area contributed by atoms with Gasteiger partial charge >= 0.3 is 6.18 Å². The van der Waals surface area contributed by atoms with Crippen molar-refractivity contribution in [3.05, 3.63) is 17.5 Å². The summed E-state index contributed by atoms with van der Waals surface area (Å²) in [6, 6.07) is 0. The van der Waals surface area contributed by atoms with E-state index in [0.717, 1.165) is 6.20 Å². The molecule has 1 aromatic rings. The first-order valence-electron chi connectivity index (χ1n) is 4.19. The lowest BCUT2D eigenvalue weighted by Crippen LogP contribution is -2.13. The van der Waals surface area contributed by atoms with Crippen LogP contribution in [0.2, 0.25) is 0 Å². The van der Waals surface area contributed by atoms with Crippen molar-refractivity contribution in [2.75, 3.05) is 11.1 Å². The molecular formula is C9H7BrF3N3. The quantitative estimate of drug-likeness (QED) is 0.638. The number of nitrogens with two attached hydrogens (primary N) is 1. The average Bonchev–Trinajstić information content (AvgIpc) is 2.19. The fourth-order valence-electron chi connectivity index (χ4n) is 0.908. The van der Waals surface area contributed by atoms with Gasteiger partial charge in [0.1, 0.15) is 0 Å². The molecule has 1 rings (SSSR count). The zero-order valence-electron chi connectivity index (χ0n) is 7.98. The number of hydrogen-bond acceptors (Lipinski definition) is 3. The smallest absolute Gasteiger partial charge is 0.368 e. The number of aromatic nitrogens is 2. The van der Waals surface area contributed by atoms with Gasteiger partial charge in [-0.3, -0.25) is 0 Å². The topological polar surface area (TPSA) is 51.8 Å². The second-order valence-electron chi connectivity index (χ2n) is 2.73. The number of nitrogen functional groups attached to an aromatic ring is 1. The van der Waals surface area contributed by atoms with Gasteiger partial charge in [-0.15, -0.1) is 0 Å². The van der Waals surface area contributed by atoms with Crippen molar-refractivity contribution in [1.29, 1.82) is 0 Å². The van der Waals surface area contributed by atoms with Crippen LogP contribution in [0.1, 0.15) is 17.7 Å². The highest BCUT2D eigenvalue weighted by molar-refractivity contribution is 9.09. The Labute approximate surface area is 98.4 Å². The highest BCUT2D eigenvalue weighted by atomic mass is 79.9. The van der Waals surface area contributed by atoms with Crippen LogP contribution in [-0.4, -0.2) is 15.3 Å². The third-order valence-electron chi connectivity index (χ3n) is 1.52. The van der Waals surface area contributed by atoms with Gasteiger partial charge in [0.05, 0.1) is 5.56 Å². The Morgan fingerprint density at radius 1 is 1.44 bits per heavy atom. The third kappa shape index (κ3) is 3.38. The SMILES string of the molecule is Nc1ncc(C#CCCBr)c(C(F)(F)F)n1. The predicted octanol–water partition coefficient (Wildman–Crippen LogP) is 2.21. The first-order chi connectivity index (χ1) is 7.45. The van der Waals surface area contributed by atoms with Crippen LogP contribution in [0, 0.1) is 11.8 Å². The van der Waals surface area contributed by atoms with Crippen molar-refractivity contribution in [3.63, 3.8) is 0 Å². The van der Waals surface area contributed by atoms with Crippen molar-refractivity contribution in [2.24, 2.45) is 0 Å². The fourth-order valence-corrected chi connectivity index (χ4v) is 1.11. The Hall–Kier alpha value is -1.29. The molecule has 0 fully saturated rings. The molecule has 0 saturated heterocycles. The van der Waals surface area contributed by atoms with E-state index in [9.17, 15) is 13.2 Å². The minimum atomic E-state index is -4.57. The predicted molar refractivity (Wildman–Crippen MR) is 56.7 cm³/mol. The van der Waals surface area contributed by atoms with E-state index < -0.39 is 17.8 Å². The zero-order valence-corrected chi connectivity index (χ0v) is 9.56. The molecule has 0 spiro atoms. The summed E-state index contributed by atoms with van der Waals surface area (Å²) < 4.78 is 37.5. The Balaban J connectivity index is 3.15. The Morgan fingerprint density at radius 3 is 2.69 bits per heavy atom. The Morgan fingerprint density at radius 2 is 2.12 bits per heavy atom. The van der Waals surface area contributed by atoms with Crippen LogP contribution in [0.15, 0.2) is 6.20 Å². The van der Waals surface area contributed by atoms with Gasteiger partial charge in [-0.25, -0.2) is 9.97 Å². The lowest BCUT2D eigenvalue weighted by Gasteiger charge is -2.07. The largest absolute Gasteiger partial charge is 0.434 e. The molecule has 7 heteroatoms. The van der Waals surface area contributed by atoms with Crippen LogP contribution < -0.4 is 5.73 Å². The summed E-state index contributed by atoms with van der Waals surface area (Å²) in [6.07, 6.45) is -3.15. The van der Waals surface area contributed by atoms with E-state index in [1.807, 2.05) is 0 Å². The molecule has 1 heterocycles. The first-order valence-corrected chi connectivity index (χ1v) is 5.32. The van der Waals surface area contributed by atoms with Crippen molar-refractivity contribution in [3.8, 4) is 11.8 Å². The number of rotatable bonds is 1. The summed E-state index contributed by atoms with van der Waals surface area (Å²) in [6.45, 7) is 0. The van der Waals surface area contributed by atoms with E-state index >= 15 is 0 Å². The van der Waals surface area contributed by atoms with E-state index in [1.165, 1.54) is 0 Å². The average molecular weight is 294 g/mol. The standard InChI is InChI=1S/C9H7BrF3N3/c10-4-2-1-3-6-5-15-8(14)16-7(6)9(11,12)13/h5H,2,4H2,(H2,14,15,16). The second kappa shape index (κ2) is 5.16. The molecule has 0 aliphatic heterocycles. The van der Waals surface area contributed by atoms with Crippen LogP contribution in [0.25, 0.3) is 0 Å². The summed E-state index contributed by atoms with van der Waals surface area (Å²) in [5.74, 6) is 4.51. The summed E-state index contributed by atoms with van der Waals surface area (Å²) in [4.78, 5) is 6.64. The maximum atomic E-state index is 12.5. The lowest BCUT2D eigenvalue weighted by atomic mass is 10.2. The summed E-state index contributed by atoms with van der Waals surface area (Å²) in [7, 11) is 0. The van der Waals surface area contributed by atoms with Crippen LogP contribution in [-0.2, 0) is 6.18 Å². The van der Waals surface area contributed by atoms with Crippen LogP contribution in [0.5, 0.6) is 0 Å². The monoisotopic (exact) mass is 293 g/mol. The van der Waals surface area contributed by atoms with Crippen molar-refractivity contribution in [1.82, 2.24) is 9.97 Å². The van der Waals surface area contributed by atoms with Gasteiger partial charge in [-0.05, 0) is 0 Å². The normalized spacial score (nSPS) is 10.8. The molecule has 86 valence electrons. The number of halogens is 4. The van der Waals surface area contributed by atoms with Gasteiger partial charge in [0.2, 0.25) is 5.95 Å².